The van der Waals surface area contributed by atoms with Gasteiger partial charge in [-0.15, -0.1) is 0 Å². The number of phenolic OH excluding ortho intramolecular Hbond substituents is 1. The Morgan fingerprint density at radius 1 is 1.18 bits per heavy atom. The van der Waals surface area contributed by atoms with Crippen LogP contribution < -0.4 is 15.7 Å². The number of hydrogen-bond donors (Lipinski definition) is 4. The Balaban J connectivity index is 1.44. The van der Waals surface area contributed by atoms with Gasteiger partial charge in [-0.1, -0.05) is 6.92 Å². The van der Waals surface area contributed by atoms with Crippen LogP contribution in [0, 0.1) is 6.92 Å². The number of hydrogen-bond acceptors (Lipinski definition) is 6. The first-order valence-corrected chi connectivity index (χ1v) is 10.8. The number of aromatic amines is 1. The highest BCUT2D eigenvalue weighted by molar-refractivity contribution is 5.88. The number of aliphatic carboxylic acids is 1. The second-order valence-electron chi connectivity index (χ2n) is 8.00. The van der Waals surface area contributed by atoms with Gasteiger partial charge in [-0.05, 0) is 54.8 Å². The molecule has 0 aliphatic carbocycles. The molecule has 0 fully saturated rings. The molecule has 0 saturated carbocycles. The third kappa shape index (κ3) is 4.59. The number of aromatic hydroxyl groups is 1. The summed E-state index contributed by atoms with van der Waals surface area (Å²) in [5, 5.41) is 23.2. The number of aromatic nitrogens is 1. The molecular weight excluding hydrogens is 440 g/mol. The number of ether oxygens (including phenoxy) is 1. The summed E-state index contributed by atoms with van der Waals surface area (Å²) in [5.74, 6) is -1.44. The predicted molar refractivity (Wildman–Crippen MR) is 125 cm³/mol. The number of carbonyl (C=O) groups excluding carboxylic acids is 1. The van der Waals surface area contributed by atoms with Gasteiger partial charge in [0.25, 0.3) is 5.91 Å². The standard InChI is InChI=1S/C25H24N2O7/c1-3-17-13(2)18-6-5-16(10-22(18)34-25(17)32)33-12-23(29)27-21(24(30)31)8-14-11-26-20-7-4-15(28)9-19(14)20/h4-7,9-11,21,26,28H,3,8,12H2,1-2H3,(H,27,29)(H,30,31). The van der Waals surface area contributed by atoms with Gasteiger partial charge in [0, 0.05) is 40.5 Å². The number of rotatable bonds is 8. The number of H-pyrrole nitrogens is 1. The number of carboxylic acids is 1. The molecule has 1 atom stereocenters. The maximum Gasteiger partial charge on any atom is 0.339 e. The lowest BCUT2D eigenvalue weighted by molar-refractivity contribution is -0.142. The number of phenols is 1. The van der Waals surface area contributed by atoms with Gasteiger partial charge in [-0.25, -0.2) is 9.59 Å². The highest BCUT2D eigenvalue weighted by Crippen LogP contribution is 2.25. The summed E-state index contributed by atoms with van der Waals surface area (Å²) in [6.45, 7) is 3.32. The summed E-state index contributed by atoms with van der Waals surface area (Å²) in [7, 11) is 0. The van der Waals surface area contributed by atoms with E-state index in [1.54, 1.807) is 24.4 Å². The molecule has 2 aromatic carbocycles. The number of benzene rings is 2. The third-order valence-corrected chi connectivity index (χ3v) is 5.79. The first-order valence-electron chi connectivity index (χ1n) is 10.8. The van der Waals surface area contributed by atoms with Crippen molar-refractivity contribution in [3.63, 3.8) is 0 Å². The second kappa shape index (κ2) is 9.30. The van der Waals surface area contributed by atoms with Gasteiger partial charge < -0.3 is 29.7 Å². The van der Waals surface area contributed by atoms with E-state index in [1.807, 2.05) is 13.8 Å². The molecule has 0 aliphatic heterocycles. The van der Waals surface area contributed by atoms with Crippen LogP contribution in [0.4, 0.5) is 0 Å². The molecule has 2 aromatic heterocycles. The zero-order chi connectivity index (χ0) is 24.4. The van der Waals surface area contributed by atoms with E-state index in [2.05, 4.69) is 10.3 Å². The smallest absolute Gasteiger partial charge is 0.339 e. The van der Waals surface area contributed by atoms with Gasteiger partial charge in [-0.3, -0.25) is 4.79 Å². The lowest BCUT2D eigenvalue weighted by Gasteiger charge is -2.15. The highest BCUT2D eigenvalue weighted by atomic mass is 16.5. The van der Waals surface area contributed by atoms with Gasteiger partial charge in [0.15, 0.2) is 6.61 Å². The van der Waals surface area contributed by atoms with Crippen molar-refractivity contribution < 1.29 is 29.0 Å². The molecule has 4 rings (SSSR count). The van der Waals surface area contributed by atoms with Crippen molar-refractivity contribution in [1.82, 2.24) is 10.3 Å². The molecule has 176 valence electrons. The third-order valence-electron chi connectivity index (χ3n) is 5.79. The Morgan fingerprint density at radius 2 is 1.97 bits per heavy atom. The largest absolute Gasteiger partial charge is 0.508 e. The number of nitrogens with one attached hydrogen (secondary N) is 2. The topological polar surface area (TPSA) is 142 Å². The number of fused-ring (bicyclic) bond motifs is 2. The number of amides is 1. The maximum atomic E-state index is 12.4. The van der Waals surface area contributed by atoms with Crippen LogP contribution in [0.5, 0.6) is 11.5 Å². The predicted octanol–water partition coefficient (Wildman–Crippen LogP) is 3.04. The van der Waals surface area contributed by atoms with Crippen molar-refractivity contribution in [2.24, 2.45) is 0 Å². The van der Waals surface area contributed by atoms with Crippen molar-refractivity contribution in [2.45, 2.75) is 32.7 Å². The summed E-state index contributed by atoms with van der Waals surface area (Å²) >= 11 is 0. The van der Waals surface area contributed by atoms with Crippen LogP contribution in [0.25, 0.3) is 21.9 Å². The molecular formula is C25H24N2O7. The minimum Gasteiger partial charge on any atom is -0.508 e. The van der Waals surface area contributed by atoms with Crippen LogP contribution in [0.2, 0.25) is 0 Å². The summed E-state index contributed by atoms with van der Waals surface area (Å²) < 4.78 is 10.9. The van der Waals surface area contributed by atoms with Crippen LogP contribution in [0.15, 0.2) is 51.8 Å². The van der Waals surface area contributed by atoms with E-state index < -0.39 is 30.2 Å². The Kier molecular flexibility index (Phi) is 6.27. The van der Waals surface area contributed by atoms with Gasteiger partial charge in [-0.2, -0.15) is 0 Å². The molecule has 0 saturated heterocycles. The van der Waals surface area contributed by atoms with E-state index in [0.29, 0.717) is 34.3 Å². The van der Waals surface area contributed by atoms with E-state index in [-0.39, 0.29) is 12.2 Å². The minimum atomic E-state index is -1.20. The average molecular weight is 464 g/mol. The fraction of sp³-hybridized carbons (Fsp3) is 0.240. The Hall–Kier alpha value is -4.27. The lowest BCUT2D eigenvalue weighted by Crippen LogP contribution is -2.44. The number of carboxylic acid groups (broad SMARTS) is 1. The quantitative estimate of drug-likeness (QED) is 0.294. The normalized spacial score (nSPS) is 12.1. The fourth-order valence-electron chi connectivity index (χ4n) is 4.01. The second-order valence-corrected chi connectivity index (χ2v) is 8.00. The molecule has 1 amide bonds. The molecule has 9 nitrogen and oxygen atoms in total. The maximum absolute atomic E-state index is 12.4. The molecule has 0 bridgehead atoms. The SMILES string of the molecule is CCc1c(C)c2ccc(OCC(=O)NC(Cc3c[nH]c4ccc(O)cc34)C(=O)O)cc2oc1=O. The van der Waals surface area contributed by atoms with E-state index in [0.717, 1.165) is 16.5 Å². The molecule has 4 N–H and O–H groups in total. The Morgan fingerprint density at radius 3 is 2.71 bits per heavy atom. The molecule has 4 aromatic rings. The summed E-state index contributed by atoms with van der Waals surface area (Å²) in [6, 6.07) is 8.51. The van der Waals surface area contributed by atoms with E-state index in [1.165, 1.54) is 18.2 Å². The van der Waals surface area contributed by atoms with Crippen LogP contribution in [-0.2, 0) is 22.4 Å². The number of carbonyl (C=O) groups is 2. The summed E-state index contributed by atoms with van der Waals surface area (Å²) in [5.41, 5.74) is 2.79. The van der Waals surface area contributed by atoms with Crippen molar-refractivity contribution >= 4 is 33.7 Å². The number of aryl methyl sites for hydroxylation is 1. The van der Waals surface area contributed by atoms with Gasteiger partial charge >= 0.3 is 11.6 Å². The first-order chi connectivity index (χ1) is 16.3. The highest BCUT2D eigenvalue weighted by Gasteiger charge is 2.22. The zero-order valence-electron chi connectivity index (χ0n) is 18.7. The summed E-state index contributed by atoms with van der Waals surface area (Å²) in [6.07, 6.45) is 2.23. The van der Waals surface area contributed by atoms with Crippen molar-refractivity contribution in [1.29, 1.82) is 0 Å². The van der Waals surface area contributed by atoms with Crippen LogP contribution in [-0.4, -0.2) is 39.7 Å². The van der Waals surface area contributed by atoms with E-state index in [9.17, 15) is 24.6 Å². The van der Waals surface area contributed by atoms with Crippen LogP contribution in [0.3, 0.4) is 0 Å². The van der Waals surface area contributed by atoms with Crippen molar-refractivity contribution in [2.75, 3.05) is 6.61 Å². The fourth-order valence-corrected chi connectivity index (χ4v) is 4.01. The van der Waals surface area contributed by atoms with E-state index in [4.69, 9.17) is 9.15 Å². The van der Waals surface area contributed by atoms with Gasteiger partial charge in [0.1, 0.15) is 23.1 Å². The summed E-state index contributed by atoms with van der Waals surface area (Å²) in [4.78, 5) is 39.3. The van der Waals surface area contributed by atoms with Crippen LogP contribution in [0.1, 0.15) is 23.6 Å². The van der Waals surface area contributed by atoms with E-state index >= 15 is 0 Å². The van der Waals surface area contributed by atoms with Gasteiger partial charge in [0.05, 0.1) is 0 Å². The molecule has 34 heavy (non-hydrogen) atoms. The molecule has 0 radical (unpaired) electrons. The zero-order valence-corrected chi connectivity index (χ0v) is 18.7. The minimum absolute atomic E-state index is 0.0185. The average Bonchev–Trinajstić information content (AvgIpc) is 3.19. The lowest BCUT2D eigenvalue weighted by atomic mass is 10.0. The molecule has 0 spiro atoms. The monoisotopic (exact) mass is 464 g/mol. The molecule has 2 heterocycles. The Labute approximate surface area is 194 Å². The van der Waals surface area contributed by atoms with Crippen molar-refractivity contribution in [3.8, 4) is 11.5 Å². The van der Waals surface area contributed by atoms with Gasteiger partial charge in [0.2, 0.25) is 0 Å². The molecule has 9 heteroatoms. The van der Waals surface area contributed by atoms with Crippen LogP contribution >= 0.6 is 0 Å². The molecule has 1 unspecified atom stereocenters. The van der Waals surface area contributed by atoms with Crippen molar-refractivity contribution in [3.05, 3.63) is 69.7 Å². The Bertz CT molecular complexity index is 1450. The first kappa shape index (κ1) is 22.9. The molecule has 0 aliphatic rings.